The smallest absolute Gasteiger partial charge is 0.417 e. The van der Waals surface area contributed by atoms with E-state index in [9.17, 15) is 22.8 Å². The lowest BCUT2D eigenvalue weighted by Crippen LogP contribution is -2.35. The Morgan fingerprint density at radius 3 is 2.92 bits per heavy atom. The Morgan fingerprint density at radius 1 is 1.38 bits per heavy atom. The zero-order valence-electron chi connectivity index (χ0n) is 12.4. The summed E-state index contributed by atoms with van der Waals surface area (Å²) in [6.07, 6.45) is -0.263. The van der Waals surface area contributed by atoms with Crippen LogP contribution in [0, 0.1) is 0 Å². The SMILES string of the molecule is O=C(Nc1cc(C(F)(F)F)c[nH]c1=O)N[C@@H]1CCCc2occc21. The molecule has 0 unspecified atom stereocenters. The third kappa shape index (κ3) is 3.29. The van der Waals surface area contributed by atoms with Crippen molar-refractivity contribution in [2.75, 3.05) is 5.32 Å². The molecule has 2 aromatic rings. The molecule has 3 rings (SSSR count). The number of nitrogens with one attached hydrogen (secondary N) is 3. The van der Waals surface area contributed by atoms with E-state index in [1.54, 1.807) is 6.07 Å². The van der Waals surface area contributed by atoms with Gasteiger partial charge < -0.3 is 20.0 Å². The first-order chi connectivity index (χ1) is 11.3. The van der Waals surface area contributed by atoms with E-state index in [1.807, 2.05) is 4.98 Å². The number of pyridine rings is 1. The van der Waals surface area contributed by atoms with Gasteiger partial charge in [-0.05, 0) is 25.0 Å². The monoisotopic (exact) mass is 341 g/mol. The summed E-state index contributed by atoms with van der Waals surface area (Å²) in [7, 11) is 0. The molecule has 9 heteroatoms. The summed E-state index contributed by atoms with van der Waals surface area (Å²) in [5, 5.41) is 4.82. The van der Waals surface area contributed by atoms with Crippen LogP contribution in [0.1, 0.15) is 35.8 Å². The van der Waals surface area contributed by atoms with Crippen molar-refractivity contribution >= 4 is 11.7 Å². The molecule has 0 bridgehead atoms. The largest absolute Gasteiger partial charge is 0.469 e. The van der Waals surface area contributed by atoms with Crippen LogP contribution in [0.4, 0.5) is 23.7 Å². The van der Waals surface area contributed by atoms with E-state index in [2.05, 4.69) is 10.6 Å². The maximum atomic E-state index is 12.7. The van der Waals surface area contributed by atoms with Gasteiger partial charge in [-0.25, -0.2) is 4.79 Å². The second kappa shape index (κ2) is 6.06. The molecule has 0 saturated heterocycles. The van der Waals surface area contributed by atoms with E-state index in [1.165, 1.54) is 6.26 Å². The van der Waals surface area contributed by atoms with Crippen molar-refractivity contribution in [3.63, 3.8) is 0 Å². The van der Waals surface area contributed by atoms with Crippen LogP contribution in [0.5, 0.6) is 0 Å². The van der Waals surface area contributed by atoms with Gasteiger partial charge >= 0.3 is 12.2 Å². The molecule has 0 aliphatic heterocycles. The zero-order valence-corrected chi connectivity index (χ0v) is 12.4. The molecule has 3 N–H and O–H groups in total. The predicted octanol–water partition coefficient (Wildman–Crippen LogP) is 3.19. The van der Waals surface area contributed by atoms with E-state index in [0.717, 1.165) is 24.2 Å². The van der Waals surface area contributed by atoms with Crippen LogP contribution in [0.2, 0.25) is 0 Å². The van der Waals surface area contributed by atoms with Gasteiger partial charge in [0.1, 0.15) is 11.4 Å². The minimum absolute atomic E-state index is 0.308. The standard InChI is InChI=1S/C15H14F3N3O3/c16-15(17,18)8-6-11(13(22)19-7-8)21-14(23)20-10-2-1-3-12-9(10)4-5-24-12/h4-7,10H,1-3H2,(H,19,22)(H2,20,21,23)/t10-/m1/s1. The average molecular weight is 341 g/mol. The quantitative estimate of drug-likeness (QED) is 0.784. The second-order valence-corrected chi connectivity index (χ2v) is 5.47. The number of fused-ring (bicyclic) bond motifs is 1. The number of anilines is 1. The molecule has 24 heavy (non-hydrogen) atoms. The molecule has 2 amide bonds. The molecule has 0 saturated carbocycles. The molecule has 0 aromatic carbocycles. The van der Waals surface area contributed by atoms with Gasteiger partial charge in [-0.3, -0.25) is 4.79 Å². The molecule has 2 heterocycles. The number of aryl methyl sites for hydroxylation is 1. The van der Waals surface area contributed by atoms with Crippen LogP contribution < -0.4 is 16.2 Å². The number of carbonyl (C=O) groups is 1. The molecule has 6 nitrogen and oxygen atoms in total. The fourth-order valence-electron chi connectivity index (χ4n) is 2.69. The molecule has 1 aliphatic carbocycles. The topological polar surface area (TPSA) is 87.1 Å². The van der Waals surface area contributed by atoms with E-state index in [4.69, 9.17) is 4.42 Å². The van der Waals surface area contributed by atoms with Gasteiger partial charge in [-0.1, -0.05) is 0 Å². The number of hydrogen-bond donors (Lipinski definition) is 3. The fraction of sp³-hybridized carbons (Fsp3) is 0.333. The average Bonchev–Trinajstić information content (AvgIpc) is 2.98. The van der Waals surface area contributed by atoms with Crippen molar-refractivity contribution in [2.45, 2.75) is 31.5 Å². The molecule has 0 spiro atoms. The van der Waals surface area contributed by atoms with E-state index < -0.39 is 29.0 Å². The maximum absolute atomic E-state index is 12.7. The van der Waals surface area contributed by atoms with Crippen molar-refractivity contribution in [2.24, 2.45) is 0 Å². The molecule has 128 valence electrons. The highest BCUT2D eigenvalue weighted by molar-refractivity contribution is 5.89. The number of urea groups is 1. The fourth-order valence-corrected chi connectivity index (χ4v) is 2.69. The molecule has 1 aliphatic rings. The number of rotatable bonds is 2. The van der Waals surface area contributed by atoms with Crippen molar-refractivity contribution in [3.05, 3.63) is 51.8 Å². The van der Waals surface area contributed by atoms with Crippen molar-refractivity contribution in [1.82, 2.24) is 10.3 Å². The number of carbonyl (C=O) groups excluding carboxylic acids is 1. The van der Waals surface area contributed by atoms with E-state index in [0.29, 0.717) is 18.7 Å². The van der Waals surface area contributed by atoms with Crippen LogP contribution in [0.15, 0.2) is 33.8 Å². The normalized spacial score (nSPS) is 17.2. The Bertz CT molecular complexity index is 810. The lowest BCUT2D eigenvalue weighted by molar-refractivity contribution is -0.137. The van der Waals surface area contributed by atoms with Crippen LogP contribution in [0.25, 0.3) is 0 Å². The number of H-pyrrole nitrogens is 1. The minimum atomic E-state index is -4.62. The Morgan fingerprint density at radius 2 is 2.17 bits per heavy atom. The Balaban J connectivity index is 1.74. The number of aromatic nitrogens is 1. The molecule has 2 aromatic heterocycles. The van der Waals surface area contributed by atoms with Gasteiger partial charge in [-0.15, -0.1) is 0 Å². The van der Waals surface area contributed by atoms with Crippen molar-refractivity contribution in [1.29, 1.82) is 0 Å². The van der Waals surface area contributed by atoms with Gasteiger partial charge in [0.25, 0.3) is 5.56 Å². The van der Waals surface area contributed by atoms with Crippen LogP contribution in [-0.2, 0) is 12.6 Å². The van der Waals surface area contributed by atoms with Gasteiger partial charge in [0.2, 0.25) is 0 Å². The third-order valence-electron chi connectivity index (χ3n) is 3.84. The number of alkyl halides is 3. The third-order valence-corrected chi connectivity index (χ3v) is 3.84. The summed E-state index contributed by atoms with van der Waals surface area (Å²) >= 11 is 0. The Labute approximate surface area is 134 Å². The highest BCUT2D eigenvalue weighted by atomic mass is 19.4. The number of amides is 2. The van der Waals surface area contributed by atoms with Crippen LogP contribution in [-0.4, -0.2) is 11.0 Å². The Hall–Kier alpha value is -2.71. The zero-order chi connectivity index (χ0) is 17.3. The molecular weight excluding hydrogens is 327 g/mol. The molecule has 0 fully saturated rings. The van der Waals surface area contributed by atoms with Gasteiger partial charge in [0.15, 0.2) is 0 Å². The van der Waals surface area contributed by atoms with Crippen LogP contribution >= 0.6 is 0 Å². The highest BCUT2D eigenvalue weighted by Crippen LogP contribution is 2.31. The van der Waals surface area contributed by atoms with Gasteiger partial charge in [0, 0.05) is 18.2 Å². The lowest BCUT2D eigenvalue weighted by atomic mass is 9.93. The summed E-state index contributed by atoms with van der Waals surface area (Å²) in [6.45, 7) is 0. The number of furan rings is 1. The predicted molar refractivity (Wildman–Crippen MR) is 78.6 cm³/mol. The molecule has 1 atom stereocenters. The minimum Gasteiger partial charge on any atom is -0.469 e. The summed E-state index contributed by atoms with van der Waals surface area (Å²) < 4.78 is 43.3. The van der Waals surface area contributed by atoms with Gasteiger partial charge in [-0.2, -0.15) is 13.2 Å². The first kappa shape index (κ1) is 16.2. The number of halogens is 3. The van der Waals surface area contributed by atoms with Crippen LogP contribution in [0.3, 0.4) is 0 Å². The summed E-state index contributed by atoms with van der Waals surface area (Å²) in [6, 6.07) is 1.29. The lowest BCUT2D eigenvalue weighted by Gasteiger charge is -2.22. The first-order valence-corrected chi connectivity index (χ1v) is 7.28. The second-order valence-electron chi connectivity index (χ2n) is 5.47. The van der Waals surface area contributed by atoms with Gasteiger partial charge in [0.05, 0.1) is 17.9 Å². The number of aromatic amines is 1. The molecular formula is C15H14F3N3O3. The Kier molecular flexibility index (Phi) is 4.08. The van der Waals surface area contributed by atoms with E-state index in [-0.39, 0.29) is 6.04 Å². The van der Waals surface area contributed by atoms with E-state index >= 15 is 0 Å². The van der Waals surface area contributed by atoms with Crippen molar-refractivity contribution in [3.8, 4) is 0 Å². The maximum Gasteiger partial charge on any atom is 0.417 e. The highest BCUT2D eigenvalue weighted by Gasteiger charge is 2.31. The first-order valence-electron chi connectivity index (χ1n) is 7.28. The summed E-state index contributed by atoms with van der Waals surface area (Å²) in [4.78, 5) is 25.6. The summed E-state index contributed by atoms with van der Waals surface area (Å²) in [5.41, 5.74) is -1.49. The summed E-state index contributed by atoms with van der Waals surface area (Å²) in [5.74, 6) is 0.781. The number of hydrogen-bond acceptors (Lipinski definition) is 3. The molecule has 0 radical (unpaired) electrons. The van der Waals surface area contributed by atoms with Crippen molar-refractivity contribution < 1.29 is 22.4 Å².